The van der Waals surface area contributed by atoms with Crippen molar-refractivity contribution >= 4 is 28.7 Å². The van der Waals surface area contributed by atoms with E-state index in [-0.39, 0.29) is 11.6 Å². The van der Waals surface area contributed by atoms with E-state index < -0.39 is 5.92 Å². The quantitative estimate of drug-likeness (QED) is 0.667. The van der Waals surface area contributed by atoms with Crippen molar-refractivity contribution in [1.82, 2.24) is 0 Å². The Morgan fingerprint density at radius 1 is 0.906 bits per heavy atom. The van der Waals surface area contributed by atoms with Crippen LogP contribution in [0.3, 0.4) is 0 Å². The molecule has 0 aromatic heterocycles. The smallest absolute Gasteiger partial charge is 0.246 e. The topological polar surface area (TPSA) is 69.4 Å². The zero-order chi connectivity index (χ0) is 21.8. The van der Waals surface area contributed by atoms with Crippen LogP contribution in [0.4, 0.5) is 11.4 Å². The van der Waals surface area contributed by atoms with Gasteiger partial charge in [-0.2, -0.15) is 0 Å². The second-order valence-electron chi connectivity index (χ2n) is 8.14. The number of hydrogen-bond acceptors (Lipinski definition) is 4. The minimum Gasteiger partial charge on any atom is -0.444 e. The summed E-state index contributed by atoms with van der Waals surface area (Å²) in [5.74, 6) is 0.198. The number of hydrogen-bond donors (Lipinski definition) is 2. The van der Waals surface area contributed by atoms with Gasteiger partial charge in [-0.15, -0.1) is 0 Å². The lowest BCUT2D eigenvalue weighted by Gasteiger charge is -2.31. The molecule has 0 saturated heterocycles. The Balaban J connectivity index is 1.58. The normalized spacial score (nSPS) is 18.5. The van der Waals surface area contributed by atoms with Gasteiger partial charge in [0.05, 0.1) is 5.70 Å². The second-order valence-corrected chi connectivity index (χ2v) is 8.14. The van der Waals surface area contributed by atoms with Crippen LogP contribution >= 0.6 is 0 Å². The predicted octanol–water partition coefficient (Wildman–Crippen LogP) is 3.50. The fourth-order valence-corrected chi connectivity index (χ4v) is 4.52. The van der Waals surface area contributed by atoms with Crippen molar-refractivity contribution in [2.75, 3.05) is 5.32 Å². The number of nitrogens with one attached hydrogen (secondary N) is 2. The Morgan fingerprint density at radius 2 is 1.66 bits per heavy atom. The highest BCUT2D eigenvalue weighted by Gasteiger charge is 2.49. The van der Waals surface area contributed by atoms with Crippen molar-refractivity contribution in [1.29, 1.82) is 0 Å². The monoisotopic (exact) mass is 419 g/mol. The Hall–Kier alpha value is -4.25. The number of aryl methyl sites for hydroxylation is 1. The van der Waals surface area contributed by atoms with Gasteiger partial charge in [0.2, 0.25) is 11.4 Å². The number of para-hydroxylation sites is 1. The molecule has 0 bridgehead atoms. The summed E-state index contributed by atoms with van der Waals surface area (Å²) in [5, 5.41) is 3.34. The van der Waals surface area contributed by atoms with E-state index in [0.717, 1.165) is 16.9 Å². The fourth-order valence-electron chi connectivity index (χ4n) is 4.52. The van der Waals surface area contributed by atoms with E-state index in [1.807, 2.05) is 61.5 Å². The van der Waals surface area contributed by atoms with E-state index in [0.29, 0.717) is 39.6 Å². The van der Waals surface area contributed by atoms with Gasteiger partial charge in [-0.1, -0.05) is 48.5 Å². The molecule has 0 spiro atoms. The zero-order valence-electron chi connectivity index (χ0n) is 17.3. The molecule has 2 N–H and O–H groups in total. The lowest BCUT2D eigenvalue weighted by Crippen LogP contribution is -2.72. The van der Waals surface area contributed by atoms with Crippen molar-refractivity contribution in [2.45, 2.75) is 6.92 Å². The molecule has 5 nitrogen and oxygen atoms in total. The first-order chi connectivity index (χ1) is 15.6. The number of rotatable bonds is 2. The van der Waals surface area contributed by atoms with Crippen LogP contribution in [-0.4, -0.2) is 17.3 Å². The minimum atomic E-state index is -0.766. The summed E-state index contributed by atoms with van der Waals surface area (Å²) in [5.41, 5.74) is 5.16. The molecule has 32 heavy (non-hydrogen) atoms. The number of ketones is 2. The van der Waals surface area contributed by atoms with Gasteiger partial charge in [-0.05, 0) is 30.7 Å². The maximum Gasteiger partial charge on any atom is 0.246 e. The van der Waals surface area contributed by atoms with Crippen molar-refractivity contribution < 1.29 is 19.3 Å². The Labute approximate surface area is 184 Å². The molecule has 3 aromatic carbocycles. The molecule has 0 saturated carbocycles. The van der Waals surface area contributed by atoms with Crippen molar-refractivity contribution in [3.8, 4) is 5.75 Å². The molecule has 5 heteroatoms. The number of fused-ring (bicyclic) bond motifs is 5. The Bertz CT molecular complexity index is 1410. The average molecular weight is 419 g/mol. The summed E-state index contributed by atoms with van der Waals surface area (Å²) in [4.78, 5) is 30.6. The summed E-state index contributed by atoms with van der Waals surface area (Å²) in [6, 6.07) is 22.5. The zero-order valence-corrected chi connectivity index (χ0v) is 17.3. The van der Waals surface area contributed by atoms with Crippen LogP contribution in [0.15, 0.2) is 95.9 Å². The van der Waals surface area contributed by atoms with Gasteiger partial charge in [-0.3, -0.25) is 9.59 Å². The number of benzene rings is 3. The molecule has 1 heterocycles. The van der Waals surface area contributed by atoms with Crippen molar-refractivity contribution in [3.05, 3.63) is 113 Å². The Morgan fingerprint density at radius 3 is 2.47 bits per heavy atom. The van der Waals surface area contributed by atoms with Gasteiger partial charge in [0.25, 0.3) is 0 Å². The predicted molar refractivity (Wildman–Crippen MR) is 121 cm³/mol. The SMILES string of the molecule is Cc1ccc2c(c1)OC1=CC(Nc3ccccc3)=C3C(=O)c4ccccc4C(=O)C3C1=[NH+]2. The van der Waals surface area contributed by atoms with Gasteiger partial charge in [0, 0.05) is 34.5 Å². The average Bonchev–Trinajstić information content (AvgIpc) is 2.81. The third kappa shape index (κ3) is 2.75. The van der Waals surface area contributed by atoms with Gasteiger partial charge in [-0.25, -0.2) is 4.99 Å². The van der Waals surface area contributed by atoms with Crippen LogP contribution in [-0.2, 0) is 0 Å². The number of allylic oxidation sites excluding steroid dienone is 3. The molecule has 2 aliphatic carbocycles. The van der Waals surface area contributed by atoms with E-state index in [4.69, 9.17) is 4.74 Å². The largest absolute Gasteiger partial charge is 0.444 e. The fraction of sp³-hybridized carbons (Fsp3) is 0.0741. The third-order valence-electron chi connectivity index (χ3n) is 6.03. The summed E-state index contributed by atoms with van der Waals surface area (Å²) in [6.45, 7) is 2.00. The maximum atomic E-state index is 13.7. The van der Waals surface area contributed by atoms with Crippen LogP contribution in [0.1, 0.15) is 26.3 Å². The van der Waals surface area contributed by atoms with Crippen LogP contribution in [0.5, 0.6) is 5.75 Å². The van der Waals surface area contributed by atoms with Crippen molar-refractivity contribution in [2.24, 2.45) is 5.92 Å². The van der Waals surface area contributed by atoms with Crippen LogP contribution in [0.25, 0.3) is 0 Å². The number of anilines is 1. The number of ether oxygens (including phenoxy) is 1. The molecule has 1 unspecified atom stereocenters. The molecular weight excluding hydrogens is 400 g/mol. The van der Waals surface area contributed by atoms with Crippen LogP contribution in [0.2, 0.25) is 0 Å². The van der Waals surface area contributed by atoms with E-state index in [9.17, 15) is 9.59 Å². The molecule has 154 valence electrons. The van der Waals surface area contributed by atoms with Crippen LogP contribution in [0, 0.1) is 12.8 Å². The molecule has 1 atom stereocenters. The van der Waals surface area contributed by atoms with E-state index in [1.54, 1.807) is 24.3 Å². The number of Topliss-reactive ketones (excluding diaryl/α,β-unsaturated/α-hetero) is 2. The molecular formula is C27H19N2O3+. The highest BCUT2D eigenvalue weighted by Crippen LogP contribution is 2.39. The first-order valence-electron chi connectivity index (χ1n) is 10.5. The highest BCUT2D eigenvalue weighted by atomic mass is 16.5. The second kappa shape index (κ2) is 6.89. The molecule has 3 aromatic rings. The molecule has 0 amide bonds. The minimum absolute atomic E-state index is 0.116. The van der Waals surface area contributed by atoms with E-state index >= 15 is 0 Å². The van der Waals surface area contributed by atoms with Gasteiger partial charge >= 0.3 is 0 Å². The molecule has 6 rings (SSSR count). The number of carbonyl (C=O) groups excluding carboxylic acids is 2. The molecule has 0 radical (unpaired) electrons. The molecule has 3 aliphatic rings. The molecule has 1 aliphatic heterocycles. The van der Waals surface area contributed by atoms with E-state index in [2.05, 4.69) is 10.3 Å². The summed E-state index contributed by atoms with van der Waals surface area (Å²) < 4.78 is 6.23. The van der Waals surface area contributed by atoms with E-state index in [1.165, 1.54) is 0 Å². The first-order valence-corrected chi connectivity index (χ1v) is 10.5. The summed E-state index contributed by atoms with van der Waals surface area (Å²) in [6.07, 6.45) is 1.81. The van der Waals surface area contributed by atoms with Crippen molar-refractivity contribution in [3.63, 3.8) is 0 Å². The third-order valence-corrected chi connectivity index (χ3v) is 6.03. The van der Waals surface area contributed by atoms with Crippen LogP contribution < -0.4 is 15.0 Å². The highest BCUT2D eigenvalue weighted by molar-refractivity contribution is 6.32. The standard InChI is InChI=1S/C27H18N2O3/c1-15-11-12-19-21(13-15)32-22-14-20(28-16-7-3-2-4-8-16)23-24(25(22)29-19)27(31)18-10-6-5-9-17(18)26(23)30/h2-14,24,28H,1H3/p+1. The maximum absolute atomic E-state index is 13.7. The van der Waals surface area contributed by atoms with Gasteiger partial charge in [0.1, 0.15) is 5.92 Å². The lowest BCUT2D eigenvalue weighted by molar-refractivity contribution is -0.361. The Kier molecular flexibility index (Phi) is 3.98. The molecule has 0 fully saturated rings. The van der Waals surface area contributed by atoms with Gasteiger partial charge < -0.3 is 10.1 Å². The summed E-state index contributed by atoms with van der Waals surface area (Å²) in [7, 11) is 0. The van der Waals surface area contributed by atoms with Gasteiger partial charge in [0.15, 0.2) is 23.1 Å². The first kappa shape index (κ1) is 18.5. The lowest BCUT2D eigenvalue weighted by atomic mass is 9.72. The summed E-state index contributed by atoms with van der Waals surface area (Å²) >= 11 is 0. The number of carbonyl (C=O) groups is 2.